The molecule has 1 aromatic carbocycles. The van der Waals surface area contributed by atoms with Gasteiger partial charge in [-0.15, -0.1) is 0 Å². The van der Waals surface area contributed by atoms with Gasteiger partial charge in [0.1, 0.15) is 11.6 Å². The van der Waals surface area contributed by atoms with Gasteiger partial charge in [0.2, 0.25) is 0 Å². The third-order valence-corrected chi connectivity index (χ3v) is 3.09. The Morgan fingerprint density at radius 2 is 1.68 bits per heavy atom. The van der Waals surface area contributed by atoms with E-state index in [1.165, 1.54) is 11.1 Å². The standard InChI is InChI=1S/C16H21N3/c1-10-6-7-11(2)12(8-10)13-9-14(17)19-15(18-13)16(3,4)5/h6-9H,1-5H3,(H2,17,18,19). The molecule has 0 aliphatic carbocycles. The molecule has 0 unspecified atom stereocenters. The van der Waals surface area contributed by atoms with Crippen LogP contribution in [0.4, 0.5) is 5.82 Å². The van der Waals surface area contributed by atoms with E-state index >= 15 is 0 Å². The molecule has 0 fully saturated rings. The molecular weight excluding hydrogens is 234 g/mol. The molecule has 0 radical (unpaired) electrons. The minimum Gasteiger partial charge on any atom is -0.384 e. The molecule has 2 N–H and O–H groups in total. The zero-order valence-electron chi connectivity index (χ0n) is 12.3. The lowest BCUT2D eigenvalue weighted by Crippen LogP contribution is -2.17. The summed E-state index contributed by atoms with van der Waals surface area (Å²) in [5.74, 6) is 1.30. The average molecular weight is 255 g/mol. The zero-order chi connectivity index (χ0) is 14.2. The third kappa shape index (κ3) is 2.92. The van der Waals surface area contributed by atoms with Gasteiger partial charge in [-0.25, -0.2) is 9.97 Å². The van der Waals surface area contributed by atoms with Gasteiger partial charge in [0.25, 0.3) is 0 Å². The first kappa shape index (κ1) is 13.5. The minimum atomic E-state index is -0.109. The van der Waals surface area contributed by atoms with E-state index in [4.69, 9.17) is 5.73 Å². The molecule has 3 nitrogen and oxygen atoms in total. The van der Waals surface area contributed by atoms with Crippen LogP contribution in [0.2, 0.25) is 0 Å². The van der Waals surface area contributed by atoms with Crippen molar-refractivity contribution in [1.29, 1.82) is 0 Å². The van der Waals surface area contributed by atoms with E-state index in [1.54, 1.807) is 0 Å². The summed E-state index contributed by atoms with van der Waals surface area (Å²) >= 11 is 0. The maximum absolute atomic E-state index is 5.93. The Hall–Kier alpha value is -1.90. The van der Waals surface area contributed by atoms with Crippen molar-refractivity contribution < 1.29 is 0 Å². The highest BCUT2D eigenvalue weighted by atomic mass is 15.0. The van der Waals surface area contributed by atoms with Crippen LogP contribution in [0.1, 0.15) is 37.7 Å². The van der Waals surface area contributed by atoms with E-state index in [0.717, 1.165) is 17.1 Å². The molecule has 1 heterocycles. The van der Waals surface area contributed by atoms with E-state index in [2.05, 4.69) is 62.8 Å². The molecule has 0 aliphatic rings. The van der Waals surface area contributed by atoms with Crippen molar-refractivity contribution in [2.24, 2.45) is 0 Å². The molecule has 0 aliphatic heterocycles. The summed E-state index contributed by atoms with van der Waals surface area (Å²) in [5.41, 5.74) is 10.3. The van der Waals surface area contributed by atoms with Crippen molar-refractivity contribution in [2.45, 2.75) is 40.0 Å². The Morgan fingerprint density at radius 1 is 1.00 bits per heavy atom. The lowest BCUT2D eigenvalue weighted by atomic mass is 9.95. The van der Waals surface area contributed by atoms with Crippen LogP contribution in [0, 0.1) is 13.8 Å². The highest BCUT2D eigenvalue weighted by Crippen LogP contribution is 2.27. The lowest BCUT2D eigenvalue weighted by Gasteiger charge is -2.18. The van der Waals surface area contributed by atoms with Gasteiger partial charge in [-0.05, 0) is 25.5 Å². The number of nitrogens with two attached hydrogens (primary N) is 1. The number of anilines is 1. The van der Waals surface area contributed by atoms with Gasteiger partial charge in [-0.3, -0.25) is 0 Å². The molecule has 0 saturated heterocycles. The summed E-state index contributed by atoms with van der Waals surface area (Å²) in [5, 5.41) is 0. The van der Waals surface area contributed by atoms with Crippen LogP contribution in [0.5, 0.6) is 0 Å². The van der Waals surface area contributed by atoms with Crippen molar-refractivity contribution in [3.05, 3.63) is 41.2 Å². The molecule has 3 heteroatoms. The van der Waals surface area contributed by atoms with Crippen LogP contribution in [0.3, 0.4) is 0 Å². The van der Waals surface area contributed by atoms with Gasteiger partial charge in [0, 0.05) is 17.0 Å². The summed E-state index contributed by atoms with van der Waals surface area (Å²) in [6, 6.07) is 8.20. The first-order valence-electron chi connectivity index (χ1n) is 6.50. The Morgan fingerprint density at radius 3 is 2.32 bits per heavy atom. The molecule has 0 atom stereocenters. The molecule has 1 aromatic heterocycles. The van der Waals surface area contributed by atoms with Crippen LogP contribution >= 0.6 is 0 Å². The molecule has 19 heavy (non-hydrogen) atoms. The highest BCUT2D eigenvalue weighted by Gasteiger charge is 2.19. The number of hydrogen-bond acceptors (Lipinski definition) is 3. The first-order chi connectivity index (χ1) is 8.77. The van der Waals surface area contributed by atoms with E-state index in [9.17, 15) is 0 Å². The monoisotopic (exact) mass is 255 g/mol. The molecule has 100 valence electrons. The van der Waals surface area contributed by atoms with E-state index in [-0.39, 0.29) is 5.41 Å². The molecule has 2 aromatic rings. The minimum absolute atomic E-state index is 0.109. The topological polar surface area (TPSA) is 51.8 Å². The Bertz CT molecular complexity index is 610. The van der Waals surface area contributed by atoms with Gasteiger partial charge in [0.05, 0.1) is 5.69 Å². The van der Waals surface area contributed by atoms with Crippen LogP contribution < -0.4 is 5.73 Å². The molecule has 0 bridgehead atoms. The fourth-order valence-corrected chi connectivity index (χ4v) is 1.95. The van der Waals surface area contributed by atoms with E-state index in [1.807, 2.05) is 6.07 Å². The van der Waals surface area contributed by atoms with Gasteiger partial charge < -0.3 is 5.73 Å². The lowest BCUT2D eigenvalue weighted by molar-refractivity contribution is 0.547. The van der Waals surface area contributed by atoms with Crippen LogP contribution in [0.15, 0.2) is 24.3 Å². The summed E-state index contributed by atoms with van der Waals surface area (Å²) in [4.78, 5) is 9.04. The second kappa shape index (κ2) is 4.65. The first-order valence-corrected chi connectivity index (χ1v) is 6.50. The number of nitrogen functional groups attached to an aromatic ring is 1. The second-order valence-electron chi connectivity index (χ2n) is 6.07. The number of nitrogens with zero attached hydrogens (tertiary/aromatic N) is 2. The van der Waals surface area contributed by atoms with Crippen molar-refractivity contribution in [3.63, 3.8) is 0 Å². The summed E-state index contributed by atoms with van der Waals surface area (Å²) in [7, 11) is 0. The van der Waals surface area contributed by atoms with Crippen molar-refractivity contribution in [2.75, 3.05) is 5.73 Å². The smallest absolute Gasteiger partial charge is 0.136 e. The SMILES string of the molecule is Cc1ccc(C)c(-c2cc(N)nc(C(C)(C)C)n2)c1. The van der Waals surface area contributed by atoms with Gasteiger partial charge >= 0.3 is 0 Å². The Labute approximate surface area is 114 Å². The third-order valence-electron chi connectivity index (χ3n) is 3.09. The van der Waals surface area contributed by atoms with Crippen LogP contribution in [0.25, 0.3) is 11.3 Å². The number of hydrogen-bond donors (Lipinski definition) is 1. The zero-order valence-corrected chi connectivity index (χ0v) is 12.3. The van der Waals surface area contributed by atoms with Crippen molar-refractivity contribution in [3.8, 4) is 11.3 Å². The second-order valence-corrected chi connectivity index (χ2v) is 6.07. The summed E-state index contributed by atoms with van der Waals surface area (Å²) in [6.07, 6.45) is 0. The molecule has 0 spiro atoms. The molecule has 0 saturated carbocycles. The predicted octanol–water partition coefficient (Wildman–Crippen LogP) is 3.64. The summed E-state index contributed by atoms with van der Waals surface area (Å²) in [6.45, 7) is 10.4. The summed E-state index contributed by atoms with van der Waals surface area (Å²) < 4.78 is 0. The maximum Gasteiger partial charge on any atom is 0.136 e. The van der Waals surface area contributed by atoms with Gasteiger partial charge in [-0.2, -0.15) is 0 Å². The van der Waals surface area contributed by atoms with Gasteiger partial charge in [0.15, 0.2) is 0 Å². The number of aromatic nitrogens is 2. The molecule has 2 rings (SSSR count). The largest absolute Gasteiger partial charge is 0.384 e. The Balaban J connectivity index is 2.63. The van der Waals surface area contributed by atoms with Crippen LogP contribution in [-0.4, -0.2) is 9.97 Å². The van der Waals surface area contributed by atoms with Crippen molar-refractivity contribution >= 4 is 5.82 Å². The number of aryl methyl sites for hydroxylation is 2. The van der Waals surface area contributed by atoms with E-state index < -0.39 is 0 Å². The maximum atomic E-state index is 5.93. The van der Waals surface area contributed by atoms with Gasteiger partial charge in [-0.1, -0.05) is 38.5 Å². The van der Waals surface area contributed by atoms with Crippen LogP contribution in [-0.2, 0) is 5.41 Å². The molecule has 0 amide bonds. The number of benzene rings is 1. The fourth-order valence-electron chi connectivity index (χ4n) is 1.95. The fraction of sp³-hybridized carbons (Fsp3) is 0.375. The normalized spacial score (nSPS) is 11.6. The average Bonchev–Trinajstić information content (AvgIpc) is 2.30. The van der Waals surface area contributed by atoms with E-state index in [0.29, 0.717) is 5.82 Å². The molecular formula is C16H21N3. The van der Waals surface area contributed by atoms with Crippen molar-refractivity contribution in [1.82, 2.24) is 9.97 Å². The number of rotatable bonds is 1. The quantitative estimate of drug-likeness (QED) is 0.846. The predicted molar refractivity (Wildman–Crippen MR) is 80.1 cm³/mol. The Kier molecular flexibility index (Phi) is 3.31. The highest BCUT2D eigenvalue weighted by molar-refractivity contribution is 5.66.